The summed E-state index contributed by atoms with van der Waals surface area (Å²) in [6.45, 7) is 3.96. The second-order valence-corrected chi connectivity index (χ2v) is 7.81. The van der Waals surface area contributed by atoms with E-state index in [9.17, 15) is 8.42 Å². The highest BCUT2D eigenvalue weighted by molar-refractivity contribution is 7.92. The molecule has 0 bridgehead atoms. The van der Waals surface area contributed by atoms with E-state index in [0.717, 1.165) is 22.3 Å². The summed E-state index contributed by atoms with van der Waals surface area (Å²) in [6, 6.07) is 13.7. The smallest absolute Gasteiger partial charge is 0.263 e. The fraction of sp³-hybridized carbons (Fsp3) is 0.105. The Bertz CT molecular complexity index is 1030. The molecule has 0 fully saturated rings. The van der Waals surface area contributed by atoms with Crippen LogP contribution in [0.3, 0.4) is 0 Å². The molecule has 2 aromatic carbocycles. The van der Waals surface area contributed by atoms with Gasteiger partial charge in [-0.1, -0.05) is 29.8 Å². The molecule has 3 aromatic rings. The fourth-order valence-corrected chi connectivity index (χ4v) is 4.22. The molecular formula is C19H17ClN2O2S. The average molecular weight is 373 g/mol. The molecule has 128 valence electrons. The molecule has 3 rings (SSSR count). The third kappa shape index (κ3) is 3.67. The van der Waals surface area contributed by atoms with Crippen LogP contribution >= 0.6 is 11.6 Å². The first-order valence-corrected chi connectivity index (χ1v) is 9.53. The summed E-state index contributed by atoms with van der Waals surface area (Å²) in [5, 5.41) is 0.189. The summed E-state index contributed by atoms with van der Waals surface area (Å²) >= 11 is 6.00. The molecule has 0 aliphatic rings. The van der Waals surface area contributed by atoms with Crippen molar-refractivity contribution in [2.45, 2.75) is 18.7 Å². The van der Waals surface area contributed by atoms with Gasteiger partial charge in [-0.3, -0.25) is 9.71 Å². The van der Waals surface area contributed by atoms with Gasteiger partial charge in [0.25, 0.3) is 10.0 Å². The van der Waals surface area contributed by atoms with Gasteiger partial charge in [0.1, 0.15) is 4.90 Å². The molecule has 0 saturated carbocycles. The molecule has 0 saturated heterocycles. The summed E-state index contributed by atoms with van der Waals surface area (Å²) in [4.78, 5) is 4.22. The third-order valence-electron chi connectivity index (χ3n) is 3.93. The number of halogens is 1. The molecule has 25 heavy (non-hydrogen) atoms. The van der Waals surface area contributed by atoms with Gasteiger partial charge >= 0.3 is 0 Å². The number of pyridine rings is 1. The number of nitrogens with one attached hydrogen (secondary N) is 1. The Morgan fingerprint density at radius 3 is 2.40 bits per heavy atom. The number of sulfonamides is 1. The predicted molar refractivity (Wildman–Crippen MR) is 101 cm³/mol. The Kier molecular flexibility index (Phi) is 4.79. The van der Waals surface area contributed by atoms with Crippen LogP contribution in [-0.2, 0) is 10.0 Å². The summed E-state index contributed by atoms with van der Waals surface area (Å²) < 4.78 is 27.7. The lowest BCUT2D eigenvalue weighted by Crippen LogP contribution is -2.13. The minimum absolute atomic E-state index is 0.0569. The molecule has 0 amide bonds. The molecule has 0 radical (unpaired) electrons. The Morgan fingerprint density at radius 1 is 0.960 bits per heavy atom. The summed E-state index contributed by atoms with van der Waals surface area (Å²) in [7, 11) is -3.74. The van der Waals surface area contributed by atoms with Crippen LogP contribution in [0.15, 0.2) is 65.8 Å². The fourth-order valence-electron chi connectivity index (χ4n) is 2.65. The van der Waals surface area contributed by atoms with E-state index >= 15 is 0 Å². The molecule has 4 nitrogen and oxygen atoms in total. The van der Waals surface area contributed by atoms with Crippen LogP contribution in [0.4, 0.5) is 5.69 Å². The standard InChI is InChI=1S/C19H17ClN2O2S/c1-13-9-10-21-12-17(13)16-8-7-15(11-14(16)2)22-25(23,24)19-6-4-3-5-18(19)20/h3-12,22H,1-2H3. The second kappa shape index (κ2) is 6.86. The van der Waals surface area contributed by atoms with Crippen LogP contribution in [0, 0.1) is 13.8 Å². The first-order chi connectivity index (χ1) is 11.9. The van der Waals surface area contributed by atoms with E-state index in [1.165, 1.54) is 6.07 Å². The highest BCUT2D eigenvalue weighted by Crippen LogP contribution is 2.29. The van der Waals surface area contributed by atoms with Crippen LogP contribution < -0.4 is 4.72 Å². The lowest BCUT2D eigenvalue weighted by Gasteiger charge is -2.13. The zero-order valence-electron chi connectivity index (χ0n) is 13.8. The molecule has 6 heteroatoms. The van der Waals surface area contributed by atoms with Crippen LogP contribution in [0.1, 0.15) is 11.1 Å². The van der Waals surface area contributed by atoms with Crippen LogP contribution in [-0.4, -0.2) is 13.4 Å². The Balaban J connectivity index is 1.94. The monoisotopic (exact) mass is 372 g/mol. The quantitative estimate of drug-likeness (QED) is 0.714. The maximum Gasteiger partial charge on any atom is 0.263 e. The number of rotatable bonds is 4. The minimum Gasteiger partial charge on any atom is -0.280 e. The van der Waals surface area contributed by atoms with Gasteiger partial charge in [0.15, 0.2) is 0 Å². The highest BCUT2D eigenvalue weighted by atomic mass is 35.5. The van der Waals surface area contributed by atoms with Gasteiger partial charge in [0.05, 0.1) is 5.02 Å². The third-order valence-corrected chi connectivity index (χ3v) is 5.82. The number of nitrogens with zero attached hydrogens (tertiary/aromatic N) is 1. The Labute approximate surface area is 152 Å². The molecule has 1 heterocycles. The van der Waals surface area contributed by atoms with Gasteiger partial charge in [-0.05, 0) is 60.9 Å². The number of anilines is 1. The van der Waals surface area contributed by atoms with Crippen molar-refractivity contribution in [2.75, 3.05) is 4.72 Å². The van der Waals surface area contributed by atoms with Crippen molar-refractivity contribution in [3.05, 3.63) is 77.1 Å². The minimum atomic E-state index is -3.74. The lowest BCUT2D eigenvalue weighted by atomic mass is 9.98. The molecule has 0 aliphatic carbocycles. The molecule has 0 unspecified atom stereocenters. The number of hydrogen-bond donors (Lipinski definition) is 1. The molecule has 1 N–H and O–H groups in total. The molecular weight excluding hydrogens is 356 g/mol. The van der Waals surface area contributed by atoms with Crippen molar-refractivity contribution in [3.8, 4) is 11.1 Å². The van der Waals surface area contributed by atoms with E-state index in [0.29, 0.717) is 5.69 Å². The SMILES string of the molecule is Cc1cc(NS(=O)(=O)c2ccccc2Cl)ccc1-c1cnccc1C. The van der Waals surface area contributed by atoms with E-state index in [-0.39, 0.29) is 9.92 Å². The topological polar surface area (TPSA) is 59.1 Å². The summed E-state index contributed by atoms with van der Waals surface area (Å²) in [5.41, 5.74) is 4.60. The number of hydrogen-bond acceptors (Lipinski definition) is 3. The van der Waals surface area contributed by atoms with Crippen molar-refractivity contribution in [1.82, 2.24) is 4.98 Å². The number of aryl methyl sites for hydroxylation is 2. The first kappa shape index (κ1) is 17.5. The predicted octanol–water partition coefficient (Wildman–Crippen LogP) is 4.82. The van der Waals surface area contributed by atoms with Crippen LogP contribution in [0.25, 0.3) is 11.1 Å². The van der Waals surface area contributed by atoms with Gasteiger partial charge in [-0.2, -0.15) is 0 Å². The lowest BCUT2D eigenvalue weighted by molar-refractivity contribution is 0.601. The molecule has 0 spiro atoms. The zero-order chi connectivity index (χ0) is 18.0. The average Bonchev–Trinajstić information content (AvgIpc) is 2.56. The molecule has 0 aliphatic heterocycles. The van der Waals surface area contributed by atoms with Crippen LogP contribution in [0.5, 0.6) is 0 Å². The van der Waals surface area contributed by atoms with Gasteiger partial charge in [-0.25, -0.2) is 8.42 Å². The maximum absolute atomic E-state index is 12.5. The second-order valence-electron chi connectivity index (χ2n) is 5.76. The van der Waals surface area contributed by atoms with Crippen molar-refractivity contribution >= 4 is 27.3 Å². The largest absolute Gasteiger partial charge is 0.280 e. The van der Waals surface area contributed by atoms with Gasteiger partial charge in [0.2, 0.25) is 0 Å². The summed E-state index contributed by atoms with van der Waals surface area (Å²) in [5.74, 6) is 0. The Hall–Kier alpha value is -2.37. The van der Waals surface area contributed by atoms with Gasteiger partial charge < -0.3 is 0 Å². The normalized spacial score (nSPS) is 11.3. The van der Waals surface area contributed by atoms with Crippen molar-refractivity contribution in [3.63, 3.8) is 0 Å². The number of benzene rings is 2. The summed E-state index contributed by atoms with van der Waals surface area (Å²) in [6.07, 6.45) is 3.56. The van der Waals surface area contributed by atoms with Gasteiger partial charge in [0, 0.05) is 23.6 Å². The van der Waals surface area contributed by atoms with Crippen LogP contribution in [0.2, 0.25) is 5.02 Å². The molecule has 1 aromatic heterocycles. The highest BCUT2D eigenvalue weighted by Gasteiger charge is 2.18. The number of aromatic nitrogens is 1. The van der Waals surface area contributed by atoms with Gasteiger partial charge in [-0.15, -0.1) is 0 Å². The van der Waals surface area contributed by atoms with E-state index in [1.54, 1.807) is 36.5 Å². The van der Waals surface area contributed by atoms with E-state index in [4.69, 9.17) is 11.6 Å². The van der Waals surface area contributed by atoms with E-state index < -0.39 is 10.0 Å². The van der Waals surface area contributed by atoms with Crippen molar-refractivity contribution in [1.29, 1.82) is 0 Å². The maximum atomic E-state index is 12.5. The zero-order valence-corrected chi connectivity index (χ0v) is 15.4. The van der Waals surface area contributed by atoms with Crippen molar-refractivity contribution < 1.29 is 8.42 Å². The van der Waals surface area contributed by atoms with E-state index in [2.05, 4.69) is 9.71 Å². The van der Waals surface area contributed by atoms with Crippen molar-refractivity contribution in [2.24, 2.45) is 0 Å². The molecule has 0 atom stereocenters. The van der Waals surface area contributed by atoms with E-state index in [1.807, 2.05) is 32.2 Å². The first-order valence-electron chi connectivity index (χ1n) is 7.67. The Morgan fingerprint density at radius 2 is 1.72 bits per heavy atom.